The fourth-order valence-corrected chi connectivity index (χ4v) is 2.53. The first-order valence-corrected chi connectivity index (χ1v) is 6.37. The highest BCUT2D eigenvalue weighted by atomic mass is 32.1. The average molecular weight is 240 g/mol. The maximum absolute atomic E-state index is 11.7. The number of carbonyl (C=O) groups excluding carboxylic acids is 1. The fraction of sp³-hybridized carbons (Fsp3) is 0.636. The highest BCUT2D eigenvalue weighted by molar-refractivity contribution is 7.09. The number of hydrogen-bond acceptors (Lipinski definition) is 5. The molecule has 1 atom stereocenters. The molecule has 1 aromatic rings. The van der Waals surface area contributed by atoms with E-state index < -0.39 is 0 Å². The number of hydrogen-bond donors (Lipinski definition) is 1. The van der Waals surface area contributed by atoms with E-state index in [9.17, 15) is 4.79 Å². The van der Waals surface area contributed by atoms with Gasteiger partial charge in [-0.2, -0.15) is 0 Å². The fourth-order valence-electron chi connectivity index (χ4n) is 1.73. The third kappa shape index (κ3) is 3.37. The molecule has 1 aliphatic rings. The van der Waals surface area contributed by atoms with E-state index >= 15 is 0 Å². The summed E-state index contributed by atoms with van der Waals surface area (Å²) in [7, 11) is 0. The predicted molar refractivity (Wildman–Crippen MR) is 62.8 cm³/mol. The van der Waals surface area contributed by atoms with Gasteiger partial charge in [0.05, 0.1) is 19.1 Å². The first-order valence-electron chi connectivity index (χ1n) is 5.49. The molecule has 0 aliphatic carbocycles. The lowest BCUT2D eigenvalue weighted by Gasteiger charge is -2.22. The van der Waals surface area contributed by atoms with Crippen LogP contribution < -0.4 is 5.32 Å². The Balaban J connectivity index is 1.79. The van der Waals surface area contributed by atoms with E-state index in [1.54, 1.807) is 11.3 Å². The normalized spacial score (nSPS) is 20.9. The third-order valence-corrected chi connectivity index (χ3v) is 3.44. The minimum Gasteiger partial charge on any atom is -0.375 e. The molecule has 1 N–H and O–H groups in total. The Morgan fingerprint density at radius 3 is 3.25 bits per heavy atom. The van der Waals surface area contributed by atoms with Crippen LogP contribution in [0.4, 0.5) is 0 Å². The summed E-state index contributed by atoms with van der Waals surface area (Å²) in [5.74, 6) is 0.211. The van der Waals surface area contributed by atoms with E-state index in [1.807, 2.05) is 12.3 Å². The molecule has 1 fully saturated rings. The topological polar surface area (TPSA) is 51.2 Å². The Morgan fingerprint density at radius 2 is 2.62 bits per heavy atom. The Kier molecular flexibility index (Phi) is 4.04. The molecule has 1 aromatic heterocycles. The van der Waals surface area contributed by atoms with E-state index in [0.717, 1.165) is 23.8 Å². The van der Waals surface area contributed by atoms with Gasteiger partial charge in [0.2, 0.25) is 0 Å². The number of ketones is 1. The van der Waals surface area contributed by atoms with Crippen molar-refractivity contribution >= 4 is 17.1 Å². The van der Waals surface area contributed by atoms with E-state index in [-0.39, 0.29) is 11.9 Å². The van der Waals surface area contributed by atoms with Crippen molar-refractivity contribution < 1.29 is 9.53 Å². The van der Waals surface area contributed by atoms with Gasteiger partial charge in [-0.1, -0.05) is 0 Å². The Labute approximate surface area is 99.0 Å². The van der Waals surface area contributed by atoms with Gasteiger partial charge in [-0.25, -0.2) is 4.98 Å². The molecule has 88 valence electrons. The molecule has 0 bridgehead atoms. The number of carbonyl (C=O) groups is 1. The lowest BCUT2D eigenvalue weighted by Crippen LogP contribution is -2.39. The summed E-state index contributed by atoms with van der Waals surface area (Å²) in [4.78, 5) is 16.0. The number of nitrogens with zero attached hydrogens (tertiary/aromatic N) is 1. The predicted octanol–water partition coefficient (Wildman–Crippen LogP) is 0.942. The summed E-state index contributed by atoms with van der Waals surface area (Å²) < 4.78 is 5.49. The number of morpholine rings is 1. The Morgan fingerprint density at radius 1 is 1.75 bits per heavy atom. The summed E-state index contributed by atoms with van der Waals surface area (Å²) in [6.45, 7) is 4.31. The van der Waals surface area contributed by atoms with E-state index in [4.69, 9.17) is 4.74 Å². The van der Waals surface area contributed by atoms with Crippen LogP contribution >= 0.6 is 11.3 Å². The number of aryl methyl sites for hydroxylation is 1. The summed E-state index contributed by atoms with van der Waals surface area (Å²) >= 11 is 1.55. The van der Waals surface area contributed by atoms with Crippen LogP contribution in [0.1, 0.15) is 17.1 Å². The molecule has 1 saturated heterocycles. The van der Waals surface area contributed by atoms with Gasteiger partial charge < -0.3 is 10.1 Å². The standard InChI is InChI=1S/C11H16N2O2S/c1-8-7-16-11(13-8)5-9(14)4-10-6-12-2-3-15-10/h7,10,12H,2-6H2,1H3. The maximum atomic E-state index is 11.7. The lowest BCUT2D eigenvalue weighted by atomic mass is 10.1. The van der Waals surface area contributed by atoms with Crippen LogP contribution in [0, 0.1) is 6.92 Å². The molecule has 0 radical (unpaired) electrons. The molecule has 2 rings (SSSR count). The third-order valence-electron chi connectivity index (χ3n) is 2.47. The monoisotopic (exact) mass is 240 g/mol. The number of nitrogens with one attached hydrogen (secondary N) is 1. The van der Waals surface area contributed by atoms with Crippen LogP contribution in [0.2, 0.25) is 0 Å². The van der Waals surface area contributed by atoms with Crippen molar-refractivity contribution in [1.29, 1.82) is 0 Å². The van der Waals surface area contributed by atoms with Crippen LogP contribution in [0.3, 0.4) is 0 Å². The molecule has 1 unspecified atom stereocenters. The van der Waals surface area contributed by atoms with Crippen LogP contribution in [-0.2, 0) is 16.0 Å². The number of aromatic nitrogens is 1. The SMILES string of the molecule is Cc1csc(CC(=O)CC2CNCCO2)n1. The quantitative estimate of drug-likeness (QED) is 0.851. The van der Waals surface area contributed by atoms with E-state index in [1.165, 1.54) is 0 Å². The van der Waals surface area contributed by atoms with Crippen LogP contribution in [0.15, 0.2) is 5.38 Å². The summed E-state index contributed by atoms with van der Waals surface area (Å²) in [6, 6.07) is 0. The lowest BCUT2D eigenvalue weighted by molar-refractivity contribution is -0.121. The van der Waals surface area contributed by atoms with Crippen molar-refractivity contribution in [1.82, 2.24) is 10.3 Å². The first kappa shape index (κ1) is 11.7. The molecule has 2 heterocycles. The number of ether oxygens (including phenoxy) is 1. The average Bonchev–Trinajstić information content (AvgIpc) is 2.65. The van der Waals surface area contributed by atoms with Gasteiger partial charge in [0, 0.05) is 30.6 Å². The zero-order valence-electron chi connectivity index (χ0n) is 9.36. The van der Waals surface area contributed by atoms with Crippen molar-refractivity contribution in [3.8, 4) is 0 Å². The second-order valence-corrected chi connectivity index (χ2v) is 4.94. The number of thiazole rings is 1. The van der Waals surface area contributed by atoms with Crippen molar-refractivity contribution in [2.75, 3.05) is 19.7 Å². The van der Waals surface area contributed by atoms with Crippen LogP contribution in [0.5, 0.6) is 0 Å². The van der Waals surface area contributed by atoms with Crippen molar-refractivity contribution in [3.63, 3.8) is 0 Å². The summed E-state index contributed by atoms with van der Waals surface area (Å²) in [6.07, 6.45) is 0.978. The second kappa shape index (κ2) is 5.52. The molecule has 0 aromatic carbocycles. The van der Waals surface area contributed by atoms with Gasteiger partial charge in [-0.05, 0) is 6.92 Å². The molecule has 4 nitrogen and oxygen atoms in total. The minimum atomic E-state index is 0.0438. The maximum Gasteiger partial charge on any atom is 0.142 e. The largest absolute Gasteiger partial charge is 0.375 e. The first-order chi connectivity index (χ1) is 7.74. The molecular weight excluding hydrogens is 224 g/mol. The van der Waals surface area contributed by atoms with Gasteiger partial charge in [-0.3, -0.25) is 4.79 Å². The van der Waals surface area contributed by atoms with Crippen molar-refractivity contribution in [2.45, 2.75) is 25.9 Å². The second-order valence-electron chi connectivity index (χ2n) is 4.00. The molecule has 0 saturated carbocycles. The van der Waals surface area contributed by atoms with Gasteiger partial charge >= 0.3 is 0 Å². The number of rotatable bonds is 4. The molecule has 0 amide bonds. The minimum absolute atomic E-state index is 0.0438. The summed E-state index contributed by atoms with van der Waals surface area (Å²) in [5, 5.41) is 6.10. The van der Waals surface area contributed by atoms with Gasteiger partial charge in [0.15, 0.2) is 0 Å². The highest BCUT2D eigenvalue weighted by Crippen LogP contribution is 2.12. The molecule has 1 aliphatic heterocycles. The molecule has 5 heteroatoms. The van der Waals surface area contributed by atoms with Gasteiger partial charge in [0.25, 0.3) is 0 Å². The molecule has 16 heavy (non-hydrogen) atoms. The van der Waals surface area contributed by atoms with E-state index in [0.29, 0.717) is 19.4 Å². The molecule has 0 spiro atoms. The van der Waals surface area contributed by atoms with Crippen LogP contribution in [0.25, 0.3) is 0 Å². The zero-order chi connectivity index (χ0) is 11.4. The van der Waals surface area contributed by atoms with Crippen molar-refractivity contribution in [3.05, 3.63) is 16.1 Å². The zero-order valence-corrected chi connectivity index (χ0v) is 10.2. The molecular formula is C11H16N2O2S. The van der Waals surface area contributed by atoms with Crippen molar-refractivity contribution in [2.24, 2.45) is 0 Å². The summed E-state index contributed by atoms with van der Waals surface area (Å²) in [5.41, 5.74) is 0.989. The highest BCUT2D eigenvalue weighted by Gasteiger charge is 2.18. The Hall–Kier alpha value is -0.780. The van der Waals surface area contributed by atoms with E-state index in [2.05, 4.69) is 10.3 Å². The smallest absolute Gasteiger partial charge is 0.142 e. The van der Waals surface area contributed by atoms with Crippen LogP contribution in [-0.4, -0.2) is 36.6 Å². The Bertz CT molecular complexity index is 359. The van der Waals surface area contributed by atoms with Gasteiger partial charge in [-0.15, -0.1) is 11.3 Å². The van der Waals surface area contributed by atoms with Gasteiger partial charge in [0.1, 0.15) is 10.8 Å². The number of Topliss-reactive ketones (excluding diaryl/α,β-unsaturated/α-hetero) is 1.